The van der Waals surface area contributed by atoms with Gasteiger partial charge >= 0.3 is 0 Å². The monoisotopic (exact) mass is 558 g/mol. The summed E-state index contributed by atoms with van der Waals surface area (Å²) in [5.41, 5.74) is 3.70. The zero-order valence-electron chi connectivity index (χ0n) is 21.3. The second kappa shape index (κ2) is 11.4. The fourth-order valence-corrected chi connectivity index (χ4v) is 6.73. The highest BCUT2D eigenvalue weighted by Crippen LogP contribution is 2.33. The lowest BCUT2D eigenvalue weighted by molar-refractivity contribution is 0.0730. The quantitative estimate of drug-likeness (QED) is 0.449. The van der Waals surface area contributed by atoms with Crippen molar-refractivity contribution in [3.8, 4) is 11.5 Å². The second-order valence-electron chi connectivity index (χ2n) is 9.08. The Bertz CT molecular complexity index is 1400. The van der Waals surface area contributed by atoms with Crippen molar-refractivity contribution < 1.29 is 27.4 Å². The molecule has 2 aliphatic rings. The normalized spacial score (nSPS) is 16.6. The Hall–Kier alpha value is -3.03. The third-order valence-corrected chi connectivity index (χ3v) is 9.40. The first-order valence-corrected chi connectivity index (χ1v) is 14.6. The Labute approximate surface area is 226 Å². The van der Waals surface area contributed by atoms with Crippen molar-refractivity contribution in [2.24, 2.45) is 0 Å². The van der Waals surface area contributed by atoms with Gasteiger partial charge in [0, 0.05) is 43.7 Å². The lowest BCUT2D eigenvalue weighted by Gasteiger charge is -2.29. The predicted molar refractivity (Wildman–Crippen MR) is 143 cm³/mol. The smallest absolute Gasteiger partial charge is 0.257 e. The van der Waals surface area contributed by atoms with Gasteiger partial charge < -0.3 is 14.2 Å². The van der Waals surface area contributed by atoms with Crippen molar-refractivity contribution in [3.05, 3.63) is 64.2 Å². The van der Waals surface area contributed by atoms with Gasteiger partial charge in [-0.3, -0.25) is 15.0 Å². The van der Waals surface area contributed by atoms with Gasteiger partial charge in [0.1, 0.15) is 0 Å². The zero-order chi connectivity index (χ0) is 26.7. The van der Waals surface area contributed by atoms with E-state index in [2.05, 4.69) is 15.2 Å². The van der Waals surface area contributed by atoms with Gasteiger partial charge in [-0.15, -0.1) is 11.3 Å². The zero-order valence-corrected chi connectivity index (χ0v) is 22.9. The van der Waals surface area contributed by atoms with Gasteiger partial charge in [0.2, 0.25) is 10.0 Å². The van der Waals surface area contributed by atoms with Crippen molar-refractivity contribution in [1.29, 1.82) is 0 Å². The van der Waals surface area contributed by atoms with Crippen LogP contribution >= 0.6 is 11.3 Å². The molecule has 2 aliphatic heterocycles. The molecule has 0 spiro atoms. The average molecular weight is 559 g/mol. The van der Waals surface area contributed by atoms with Crippen LogP contribution in [-0.4, -0.2) is 75.6 Å². The van der Waals surface area contributed by atoms with Gasteiger partial charge in [-0.05, 0) is 53.9 Å². The van der Waals surface area contributed by atoms with Crippen LogP contribution in [0, 0.1) is 0 Å². The SMILES string of the molecule is COc1cc2c(cc1OC)CN(Cc1csc(NC(=O)c3ccc(S(=O)(=O)N4CCOCC4)cc3)n1)CC2. The Balaban J connectivity index is 1.19. The Morgan fingerprint density at radius 3 is 2.42 bits per heavy atom. The number of nitrogens with zero attached hydrogens (tertiary/aromatic N) is 3. The number of thiazole rings is 1. The van der Waals surface area contributed by atoms with Crippen LogP contribution in [0.3, 0.4) is 0 Å². The van der Waals surface area contributed by atoms with E-state index >= 15 is 0 Å². The third-order valence-electron chi connectivity index (χ3n) is 6.68. The number of ether oxygens (including phenoxy) is 3. The molecule has 3 heterocycles. The molecule has 202 valence electrons. The lowest BCUT2D eigenvalue weighted by Crippen LogP contribution is -2.40. The molecule has 1 fully saturated rings. The lowest BCUT2D eigenvalue weighted by atomic mass is 9.98. The number of nitrogens with one attached hydrogen (secondary N) is 1. The summed E-state index contributed by atoms with van der Waals surface area (Å²) >= 11 is 1.36. The van der Waals surface area contributed by atoms with Gasteiger partial charge in [-0.2, -0.15) is 4.31 Å². The Morgan fingerprint density at radius 1 is 1.05 bits per heavy atom. The van der Waals surface area contributed by atoms with Crippen LogP contribution in [0.2, 0.25) is 0 Å². The van der Waals surface area contributed by atoms with E-state index in [1.54, 1.807) is 14.2 Å². The number of anilines is 1. The number of methoxy groups -OCH3 is 2. The van der Waals surface area contributed by atoms with E-state index in [4.69, 9.17) is 14.2 Å². The number of fused-ring (bicyclic) bond motifs is 1. The fraction of sp³-hybridized carbons (Fsp3) is 0.385. The highest BCUT2D eigenvalue weighted by molar-refractivity contribution is 7.89. The molecule has 0 atom stereocenters. The summed E-state index contributed by atoms with van der Waals surface area (Å²) in [4.78, 5) is 19.8. The van der Waals surface area contributed by atoms with Crippen molar-refractivity contribution in [2.45, 2.75) is 24.4 Å². The second-order valence-corrected chi connectivity index (χ2v) is 11.9. The van der Waals surface area contributed by atoms with E-state index in [-0.39, 0.29) is 10.8 Å². The highest BCUT2D eigenvalue weighted by atomic mass is 32.2. The molecular weight excluding hydrogens is 528 g/mol. The van der Waals surface area contributed by atoms with E-state index < -0.39 is 10.0 Å². The summed E-state index contributed by atoms with van der Waals surface area (Å²) < 4.78 is 43.1. The molecule has 5 rings (SSSR count). The fourth-order valence-electron chi connectivity index (χ4n) is 4.63. The molecule has 38 heavy (non-hydrogen) atoms. The van der Waals surface area contributed by atoms with Crippen molar-refractivity contribution in [3.63, 3.8) is 0 Å². The number of aromatic nitrogens is 1. The van der Waals surface area contributed by atoms with E-state index in [0.717, 1.165) is 36.7 Å². The van der Waals surface area contributed by atoms with Gasteiger partial charge in [-0.25, -0.2) is 13.4 Å². The number of sulfonamides is 1. The molecule has 12 heteroatoms. The van der Waals surface area contributed by atoms with Crippen LogP contribution in [0.1, 0.15) is 27.2 Å². The average Bonchev–Trinajstić information content (AvgIpc) is 3.39. The van der Waals surface area contributed by atoms with Crippen LogP contribution in [0.15, 0.2) is 46.7 Å². The van der Waals surface area contributed by atoms with Crippen LogP contribution in [0.4, 0.5) is 5.13 Å². The molecule has 3 aromatic rings. The minimum absolute atomic E-state index is 0.159. The summed E-state index contributed by atoms with van der Waals surface area (Å²) in [5, 5.41) is 5.27. The summed E-state index contributed by atoms with van der Waals surface area (Å²) in [5.74, 6) is 1.13. The molecule has 1 amide bonds. The van der Waals surface area contributed by atoms with Gasteiger partial charge in [0.25, 0.3) is 5.91 Å². The van der Waals surface area contributed by atoms with Crippen LogP contribution in [0.25, 0.3) is 0 Å². The van der Waals surface area contributed by atoms with E-state index in [0.29, 0.717) is 43.5 Å². The highest BCUT2D eigenvalue weighted by Gasteiger charge is 2.26. The number of hydrogen-bond donors (Lipinski definition) is 1. The first-order valence-electron chi connectivity index (χ1n) is 12.3. The van der Waals surface area contributed by atoms with E-state index in [1.807, 2.05) is 17.5 Å². The number of hydrogen-bond acceptors (Lipinski definition) is 9. The molecule has 1 N–H and O–H groups in total. The molecule has 2 aromatic carbocycles. The predicted octanol–water partition coefficient (Wildman–Crippen LogP) is 2.99. The topological polar surface area (TPSA) is 110 Å². The molecule has 1 saturated heterocycles. The van der Waals surface area contributed by atoms with Crippen LogP contribution in [-0.2, 0) is 34.3 Å². The van der Waals surface area contributed by atoms with Crippen LogP contribution < -0.4 is 14.8 Å². The van der Waals surface area contributed by atoms with Gasteiger partial charge in [0.15, 0.2) is 16.6 Å². The van der Waals surface area contributed by atoms with Gasteiger partial charge in [0.05, 0.1) is 38.0 Å². The maximum atomic E-state index is 12.8. The maximum absolute atomic E-state index is 12.8. The first-order chi connectivity index (χ1) is 18.4. The number of carbonyl (C=O) groups is 1. The summed E-state index contributed by atoms with van der Waals surface area (Å²) in [6, 6.07) is 10.0. The van der Waals surface area contributed by atoms with E-state index in [9.17, 15) is 13.2 Å². The standard InChI is InChI=1S/C26H30N4O6S2/c1-34-23-13-19-7-8-29(15-20(19)14-24(23)35-2)16-21-17-37-26(27-21)28-25(31)18-3-5-22(6-4-18)38(32,33)30-9-11-36-12-10-30/h3-6,13-14,17H,7-12,15-16H2,1-2H3,(H,27,28,31). The summed E-state index contributed by atoms with van der Waals surface area (Å²) in [7, 11) is -0.327. The largest absolute Gasteiger partial charge is 0.493 e. The number of rotatable bonds is 8. The summed E-state index contributed by atoms with van der Waals surface area (Å²) in [6.45, 7) is 3.73. The molecular formula is C26H30N4O6S2. The molecule has 0 bridgehead atoms. The van der Waals surface area contributed by atoms with Crippen molar-refractivity contribution in [2.75, 3.05) is 52.4 Å². The minimum Gasteiger partial charge on any atom is -0.493 e. The minimum atomic E-state index is -3.61. The number of amides is 1. The maximum Gasteiger partial charge on any atom is 0.257 e. The van der Waals surface area contributed by atoms with Crippen molar-refractivity contribution >= 4 is 32.4 Å². The number of benzene rings is 2. The number of morpholine rings is 1. The summed E-state index contributed by atoms with van der Waals surface area (Å²) in [6.07, 6.45) is 0.903. The Morgan fingerprint density at radius 2 is 1.74 bits per heavy atom. The van der Waals surface area contributed by atoms with E-state index in [1.165, 1.54) is 51.0 Å². The number of carbonyl (C=O) groups excluding carboxylic acids is 1. The molecule has 0 saturated carbocycles. The van der Waals surface area contributed by atoms with Gasteiger partial charge in [-0.1, -0.05) is 0 Å². The first kappa shape index (κ1) is 26.6. The van der Waals surface area contributed by atoms with Crippen molar-refractivity contribution in [1.82, 2.24) is 14.2 Å². The molecule has 0 aliphatic carbocycles. The third kappa shape index (κ3) is 5.69. The molecule has 1 aromatic heterocycles. The molecule has 0 radical (unpaired) electrons. The molecule has 0 unspecified atom stereocenters. The molecule has 10 nitrogen and oxygen atoms in total. The Kier molecular flexibility index (Phi) is 7.96. The van der Waals surface area contributed by atoms with Crippen LogP contribution in [0.5, 0.6) is 11.5 Å².